The van der Waals surface area contributed by atoms with E-state index >= 15 is 0 Å². The molecule has 1 aromatic heterocycles. The Morgan fingerprint density at radius 1 is 0.723 bits per heavy atom. The van der Waals surface area contributed by atoms with Crippen molar-refractivity contribution in [3.63, 3.8) is 0 Å². The van der Waals surface area contributed by atoms with Gasteiger partial charge in [0.25, 0.3) is 5.91 Å². The van der Waals surface area contributed by atoms with Crippen molar-refractivity contribution in [2.75, 3.05) is 7.05 Å². The van der Waals surface area contributed by atoms with Crippen LogP contribution in [0.25, 0.3) is 10.8 Å². The molecule has 0 aliphatic heterocycles. The number of carbonyl (C=O) groups excluding carboxylic acids is 1. The number of aliphatic hydroxyl groups is 1. The van der Waals surface area contributed by atoms with Gasteiger partial charge in [-0.25, -0.2) is 4.98 Å². The first kappa shape index (κ1) is 31.5. The third kappa shape index (κ3) is 5.38. The zero-order valence-corrected chi connectivity index (χ0v) is 26.5. The maximum absolute atomic E-state index is 13.0. The van der Waals surface area contributed by atoms with Gasteiger partial charge in [0.15, 0.2) is 0 Å². The lowest BCUT2D eigenvalue weighted by atomic mass is 9.73. The Hall–Kier alpha value is -5.53. The van der Waals surface area contributed by atoms with Gasteiger partial charge >= 0.3 is 5.97 Å². The second-order valence-corrected chi connectivity index (χ2v) is 12.2. The summed E-state index contributed by atoms with van der Waals surface area (Å²) in [7, 11) is 1.58. The molecule has 6 aromatic rings. The number of hydrogen-bond donors (Lipinski definition) is 3. The van der Waals surface area contributed by atoms with E-state index in [-0.39, 0.29) is 11.6 Å². The molecule has 5 aromatic carbocycles. The first-order valence-electron chi connectivity index (χ1n) is 15.6. The Balaban J connectivity index is 1.61. The molecule has 0 spiro atoms. The van der Waals surface area contributed by atoms with Crippen LogP contribution in [0.1, 0.15) is 52.2 Å². The number of carboxylic acids is 1. The molecule has 6 rings (SSSR count). The number of rotatable bonds is 10. The van der Waals surface area contributed by atoms with Crippen molar-refractivity contribution in [1.29, 1.82) is 0 Å². The zero-order valence-electron chi connectivity index (χ0n) is 26.5. The van der Waals surface area contributed by atoms with Crippen molar-refractivity contribution in [2.45, 2.75) is 25.0 Å². The molecule has 0 saturated carbocycles. The Kier molecular flexibility index (Phi) is 8.50. The van der Waals surface area contributed by atoms with Crippen LogP contribution >= 0.6 is 0 Å². The summed E-state index contributed by atoms with van der Waals surface area (Å²) in [6.45, 7) is 3.58. The molecule has 3 N–H and O–H groups in total. The molecule has 0 fully saturated rings. The van der Waals surface area contributed by atoms with Crippen LogP contribution in [-0.2, 0) is 15.9 Å². The summed E-state index contributed by atoms with van der Waals surface area (Å²) in [6, 6.07) is 40.9. The van der Waals surface area contributed by atoms with Gasteiger partial charge < -0.3 is 20.1 Å². The minimum atomic E-state index is -2.01. The molecule has 7 heteroatoms. The van der Waals surface area contributed by atoms with Gasteiger partial charge in [0.1, 0.15) is 11.1 Å². The average molecular weight is 624 g/mol. The van der Waals surface area contributed by atoms with E-state index in [1.165, 1.54) is 0 Å². The lowest BCUT2D eigenvalue weighted by Crippen LogP contribution is -2.44. The maximum Gasteiger partial charge on any atom is 0.310 e. The summed E-state index contributed by atoms with van der Waals surface area (Å²) in [5, 5.41) is 27.6. The number of aliphatic carboxylic acids is 1. The second kappa shape index (κ2) is 12.7. The third-order valence-corrected chi connectivity index (χ3v) is 9.09. The number of aromatic nitrogens is 2. The van der Waals surface area contributed by atoms with E-state index in [0.29, 0.717) is 11.1 Å². The smallest absolute Gasteiger partial charge is 0.310 e. The molecule has 1 unspecified atom stereocenters. The summed E-state index contributed by atoms with van der Waals surface area (Å²) in [6.07, 6.45) is 3.47. The largest absolute Gasteiger partial charge is 0.481 e. The van der Waals surface area contributed by atoms with Gasteiger partial charge in [-0.05, 0) is 57.1 Å². The van der Waals surface area contributed by atoms with Crippen molar-refractivity contribution < 1.29 is 19.8 Å². The van der Waals surface area contributed by atoms with E-state index < -0.39 is 28.9 Å². The van der Waals surface area contributed by atoms with Gasteiger partial charge in [-0.15, -0.1) is 0 Å². The van der Waals surface area contributed by atoms with Gasteiger partial charge in [0.2, 0.25) is 0 Å². The lowest BCUT2D eigenvalue weighted by molar-refractivity contribution is -0.153. The predicted octanol–water partition coefficient (Wildman–Crippen LogP) is 6.83. The molecule has 47 heavy (non-hydrogen) atoms. The van der Waals surface area contributed by atoms with Crippen LogP contribution in [0.15, 0.2) is 140 Å². The molecule has 2 atom stereocenters. The number of imidazole rings is 1. The van der Waals surface area contributed by atoms with E-state index in [1.54, 1.807) is 69.8 Å². The highest BCUT2D eigenvalue weighted by atomic mass is 16.4. The van der Waals surface area contributed by atoms with Crippen LogP contribution in [-0.4, -0.2) is 38.7 Å². The topological polar surface area (TPSA) is 104 Å². The van der Waals surface area contributed by atoms with E-state index in [9.17, 15) is 19.8 Å². The number of carbonyl (C=O) groups is 2. The van der Waals surface area contributed by atoms with Crippen molar-refractivity contribution in [3.05, 3.63) is 173 Å². The predicted molar refractivity (Wildman–Crippen MR) is 183 cm³/mol. The van der Waals surface area contributed by atoms with E-state index in [1.807, 2.05) is 59.2 Å². The first-order valence-corrected chi connectivity index (χ1v) is 15.6. The minimum absolute atomic E-state index is 0.206. The van der Waals surface area contributed by atoms with Gasteiger partial charge in [0.05, 0.1) is 17.9 Å². The molecule has 1 amide bonds. The van der Waals surface area contributed by atoms with Crippen molar-refractivity contribution >= 4 is 22.6 Å². The molecule has 0 aliphatic rings. The summed E-state index contributed by atoms with van der Waals surface area (Å²) in [4.78, 5) is 30.1. The molecular weight excluding hydrogens is 586 g/mol. The fourth-order valence-electron chi connectivity index (χ4n) is 6.89. The van der Waals surface area contributed by atoms with Crippen LogP contribution < -0.4 is 5.32 Å². The Morgan fingerprint density at radius 3 is 1.72 bits per heavy atom. The standard InChI is InChI=1S/C40H37N3O4/c1-27(2)36(38(45)46)40(47,34-22-21-28-23-30(37(44)41-3)20-19-29(28)24-34)35-25-43(26-42-35)39(31-13-7-4-8-14-31,32-15-9-5-10-16-32)33-17-11-6-12-18-33/h4-27,36,47H,1-3H3,(H,41,44)(H,45,46)/t36?,40-/m0/s1. The SMILES string of the molecule is CNC(=O)c1ccc2cc([C@](O)(c3cn(C(c4ccccc4)(c4ccccc4)c4ccccc4)cn3)C(C(=O)O)C(C)C)ccc2c1. The number of fused-ring (bicyclic) bond motifs is 1. The number of benzene rings is 5. The minimum Gasteiger partial charge on any atom is -0.481 e. The molecule has 0 bridgehead atoms. The second-order valence-electron chi connectivity index (χ2n) is 12.2. The monoisotopic (exact) mass is 623 g/mol. The number of hydrogen-bond acceptors (Lipinski definition) is 4. The number of carboxylic acid groups (broad SMARTS) is 1. The molecular formula is C40H37N3O4. The molecule has 1 heterocycles. The van der Waals surface area contributed by atoms with Crippen molar-refractivity contribution in [1.82, 2.24) is 14.9 Å². The summed E-state index contributed by atoms with van der Waals surface area (Å²) in [5.74, 6) is -3.01. The van der Waals surface area contributed by atoms with E-state index in [4.69, 9.17) is 4.98 Å². The molecule has 0 aliphatic carbocycles. The molecule has 236 valence electrons. The van der Waals surface area contributed by atoms with Crippen LogP contribution in [0.4, 0.5) is 0 Å². The van der Waals surface area contributed by atoms with Crippen LogP contribution in [0, 0.1) is 11.8 Å². The molecule has 7 nitrogen and oxygen atoms in total. The number of amides is 1. The number of nitrogens with one attached hydrogen (secondary N) is 1. The molecule has 0 saturated heterocycles. The summed E-state index contributed by atoms with van der Waals surface area (Å²) in [5.41, 5.74) is 1.14. The highest BCUT2D eigenvalue weighted by Crippen LogP contribution is 2.45. The average Bonchev–Trinajstić information content (AvgIpc) is 3.60. The Morgan fingerprint density at radius 2 is 1.23 bits per heavy atom. The maximum atomic E-state index is 13.0. The van der Waals surface area contributed by atoms with Gasteiger partial charge in [-0.2, -0.15) is 0 Å². The zero-order chi connectivity index (χ0) is 33.2. The van der Waals surface area contributed by atoms with Gasteiger partial charge in [-0.1, -0.05) is 123 Å². The summed E-state index contributed by atoms with van der Waals surface area (Å²) >= 11 is 0. The van der Waals surface area contributed by atoms with Gasteiger partial charge in [-0.3, -0.25) is 9.59 Å². The third-order valence-electron chi connectivity index (χ3n) is 9.09. The van der Waals surface area contributed by atoms with E-state index in [2.05, 4.69) is 41.7 Å². The normalized spacial score (nSPS) is 13.6. The highest BCUT2D eigenvalue weighted by molar-refractivity contribution is 5.98. The van der Waals surface area contributed by atoms with Crippen LogP contribution in [0.3, 0.4) is 0 Å². The highest BCUT2D eigenvalue weighted by Gasteiger charge is 2.49. The van der Waals surface area contributed by atoms with Crippen molar-refractivity contribution in [3.8, 4) is 0 Å². The van der Waals surface area contributed by atoms with Crippen LogP contribution in [0.2, 0.25) is 0 Å². The fourth-order valence-corrected chi connectivity index (χ4v) is 6.89. The molecule has 0 radical (unpaired) electrons. The Labute approximate surface area is 274 Å². The van der Waals surface area contributed by atoms with Crippen LogP contribution in [0.5, 0.6) is 0 Å². The number of nitrogens with zero attached hydrogens (tertiary/aromatic N) is 2. The quantitative estimate of drug-likeness (QED) is 0.145. The first-order chi connectivity index (χ1) is 22.7. The fraction of sp³-hybridized carbons (Fsp3) is 0.175. The lowest BCUT2D eigenvalue weighted by Gasteiger charge is -2.38. The van der Waals surface area contributed by atoms with Crippen molar-refractivity contribution in [2.24, 2.45) is 11.8 Å². The van der Waals surface area contributed by atoms with E-state index in [0.717, 1.165) is 27.5 Å². The summed E-state index contributed by atoms with van der Waals surface area (Å²) < 4.78 is 1.98. The van der Waals surface area contributed by atoms with Gasteiger partial charge in [0, 0.05) is 18.8 Å². The Bertz CT molecular complexity index is 1930.